The van der Waals surface area contributed by atoms with Crippen molar-refractivity contribution in [1.29, 1.82) is 0 Å². The lowest BCUT2D eigenvalue weighted by atomic mass is 10.0. The highest BCUT2D eigenvalue weighted by molar-refractivity contribution is 7.91. The van der Waals surface area contributed by atoms with Crippen LogP contribution in [0.4, 0.5) is 0 Å². The van der Waals surface area contributed by atoms with Gasteiger partial charge in [-0.1, -0.05) is 53.5 Å². The van der Waals surface area contributed by atoms with Gasteiger partial charge in [0.2, 0.25) is 0 Å². The Hall–Kier alpha value is -1.07. The summed E-state index contributed by atoms with van der Waals surface area (Å²) < 4.78 is 25.1. The maximum Gasteiger partial charge on any atom is 0.180 e. The molecule has 0 aliphatic rings. The van der Waals surface area contributed by atoms with Crippen molar-refractivity contribution in [2.24, 2.45) is 5.73 Å². The maximum atomic E-state index is 12.5. The lowest BCUT2D eigenvalue weighted by Crippen LogP contribution is -2.22. The SMILES string of the molecule is NCC(CS(=O)(=O)c1cc(Cl)ccc1Cl)c1ccccc1. The highest BCUT2D eigenvalue weighted by atomic mass is 35.5. The summed E-state index contributed by atoms with van der Waals surface area (Å²) in [5.74, 6) is -0.389. The second-order valence-electron chi connectivity index (χ2n) is 4.70. The van der Waals surface area contributed by atoms with Gasteiger partial charge < -0.3 is 5.73 Å². The molecule has 0 spiro atoms. The molecule has 2 aromatic rings. The Bertz CT molecular complexity index is 718. The first kappa shape index (κ1) is 16.3. The van der Waals surface area contributed by atoms with E-state index in [4.69, 9.17) is 28.9 Å². The van der Waals surface area contributed by atoms with Gasteiger partial charge in [0, 0.05) is 17.5 Å². The minimum absolute atomic E-state index is 0.0473. The Morgan fingerprint density at radius 3 is 2.33 bits per heavy atom. The molecule has 0 heterocycles. The molecule has 1 atom stereocenters. The minimum Gasteiger partial charge on any atom is -0.330 e. The van der Waals surface area contributed by atoms with Crippen molar-refractivity contribution in [2.45, 2.75) is 10.8 Å². The monoisotopic (exact) mass is 343 g/mol. The Morgan fingerprint density at radius 2 is 1.71 bits per heavy atom. The molecule has 1 unspecified atom stereocenters. The first-order chi connectivity index (χ1) is 9.94. The van der Waals surface area contributed by atoms with Crippen LogP contribution < -0.4 is 5.73 Å². The van der Waals surface area contributed by atoms with Crippen molar-refractivity contribution in [3.63, 3.8) is 0 Å². The summed E-state index contributed by atoms with van der Waals surface area (Å²) in [5, 5.41) is 0.505. The number of hydrogen-bond donors (Lipinski definition) is 1. The van der Waals surface area contributed by atoms with Crippen molar-refractivity contribution in [1.82, 2.24) is 0 Å². The highest BCUT2D eigenvalue weighted by Gasteiger charge is 2.24. The van der Waals surface area contributed by atoms with Crippen molar-refractivity contribution >= 4 is 33.0 Å². The molecule has 2 N–H and O–H groups in total. The van der Waals surface area contributed by atoms with Gasteiger partial charge in [0.15, 0.2) is 9.84 Å². The molecular weight excluding hydrogens is 329 g/mol. The molecule has 0 fully saturated rings. The molecule has 3 nitrogen and oxygen atoms in total. The third-order valence-electron chi connectivity index (χ3n) is 3.20. The summed E-state index contributed by atoms with van der Waals surface area (Å²) >= 11 is 11.8. The zero-order chi connectivity index (χ0) is 15.5. The number of halogens is 2. The summed E-state index contributed by atoms with van der Waals surface area (Å²) in [6.45, 7) is 0.238. The molecule has 0 saturated carbocycles. The molecule has 21 heavy (non-hydrogen) atoms. The topological polar surface area (TPSA) is 60.2 Å². The largest absolute Gasteiger partial charge is 0.330 e. The first-order valence-electron chi connectivity index (χ1n) is 6.37. The van der Waals surface area contributed by atoms with E-state index in [1.165, 1.54) is 12.1 Å². The van der Waals surface area contributed by atoms with Gasteiger partial charge in [-0.3, -0.25) is 0 Å². The molecule has 0 aliphatic heterocycles. The van der Waals surface area contributed by atoms with Crippen LogP contribution in [0.15, 0.2) is 53.4 Å². The predicted octanol–water partition coefficient (Wildman–Crippen LogP) is 3.51. The van der Waals surface area contributed by atoms with Crippen molar-refractivity contribution in [3.8, 4) is 0 Å². The zero-order valence-corrected chi connectivity index (χ0v) is 13.5. The normalized spacial score (nSPS) is 13.1. The second kappa shape index (κ2) is 6.79. The smallest absolute Gasteiger partial charge is 0.180 e. The third-order valence-corrected chi connectivity index (χ3v) is 5.73. The first-order valence-corrected chi connectivity index (χ1v) is 8.77. The third kappa shape index (κ3) is 3.98. The minimum atomic E-state index is -3.57. The van der Waals surface area contributed by atoms with Crippen LogP contribution in [0.3, 0.4) is 0 Å². The van der Waals surface area contributed by atoms with Crippen LogP contribution in [0.2, 0.25) is 10.0 Å². The number of nitrogens with two attached hydrogens (primary N) is 1. The van der Waals surface area contributed by atoms with E-state index >= 15 is 0 Å². The van der Waals surface area contributed by atoms with Gasteiger partial charge in [-0.15, -0.1) is 0 Å². The maximum absolute atomic E-state index is 12.5. The molecule has 0 radical (unpaired) electrons. The summed E-state index contributed by atoms with van der Waals surface area (Å²) in [5.41, 5.74) is 6.63. The fraction of sp³-hybridized carbons (Fsp3) is 0.200. The van der Waals surface area contributed by atoms with Gasteiger partial charge in [0.05, 0.1) is 15.7 Å². The highest BCUT2D eigenvalue weighted by Crippen LogP contribution is 2.28. The molecular formula is C15H15Cl2NO2S. The lowest BCUT2D eigenvalue weighted by molar-refractivity contribution is 0.587. The van der Waals surface area contributed by atoms with Crippen molar-refractivity contribution < 1.29 is 8.42 Å². The van der Waals surface area contributed by atoms with Gasteiger partial charge in [-0.25, -0.2) is 8.42 Å². The molecule has 0 aromatic heterocycles. The number of benzene rings is 2. The Morgan fingerprint density at radius 1 is 1.05 bits per heavy atom. The molecule has 0 saturated heterocycles. The average molecular weight is 344 g/mol. The fourth-order valence-corrected chi connectivity index (χ4v) is 4.51. The van der Waals surface area contributed by atoms with Crippen LogP contribution >= 0.6 is 23.2 Å². The van der Waals surface area contributed by atoms with E-state index in [0.717, 1.165) is 5.56 Å². The van der Waals surface area contributed by atoms with Crippen LogP contribution in [0.25, 0.3) is 0 Å². The van der Waals surface area contributed by atoms with Gasteiger partial charge in [-0.2, -0.15) is 0 Å². The van der Waals surface area contributed by atoms with Crippen LogP contribution in [-0.2, 0) is 9.84 Å². The number of sulfone groups is 1. The molecule has 6 heteroatoms. The van der Waals surface area contributed by atoms with E-state index in [-0.39, 0.29) is 28.1 Å². The summed E-state index contributed by atoms with van der Waals surface area (Å²) in [7, 11) is -3.57. The predicted molar refractivity (Wildman–Crippen MR) is 86.8 cm³/mol. The van der Waals surface area contributed by atoms with Crippen molar-refractivity contribution in [3.05, 3.63) is 64.1 Å². The standard InChI is InChI=1S/C15H15Cl2NO2S/c16-13-6-7-14(17)15(8-13)21(19,20)10-12(9-18)11-4-2-1-3-5-11/h1-8,12H,9-10,18H2. The van der Waals surface area contributed by atoms with E-state index < -0.39 is 9.84 Å². The Kier molecular flexibility index (Phi) is 5.27. The van der Waals surface area contributed by atoms with Gasteiger partial charge in [-0.05, 0) is 23.8 Å². The van der Waals surface area contributed by atoms with Crippen LogP contribution in [-0.4, -0.2) is 20.7 Å². The molecule has 2 rings (SSSR count). The van der Waals surface area contributed by atoms with Gasteiger partial charge >= 0.3 is 0 Å². The van der Waals surface area contributed by atoms with Crippen molar-refractivity contribution in [2.75, 3.05) is 12.3 Å². The lowest BCUT2D eigenvalue weighted by Gasteiger charge is -2.16. The van der Waals surface area contributed by atoms with E-state index in [1.54, 1.807) is 6.07 Å². The molecule has 0 amide bonds. The summed E-state index contributed by atoms with van der Waals surface area (Å²) in [6.07, 6.45) is 0. The van der Waals surface area contributed by atoms with E-state index in [0.29, 0.717) is 5.02 Å². The van der Waals surface area contributed by atoms with Gasteiger partial charge in [0.25, 0.3) is 0 Å². The number of hydrogen-bond acceptors (Lipinski definition) is 3. The molecule has 0 aliphatic carbocycles. The Balaban J connectivity index is 2.34. The van der Waals surface area contributed by atoms with Crippen LogP contribution in [0, 0.1) is 0 Å². The second-order valence-corrected chi connectivity index (χ2v) is 7.55. The zero-order valence-electron chi connectivity index (χ0n) is 11.2. The van der Waals surface area contributed by atoms with Gasteiger partial charge in [0.1, 0.15) is 0 Å². The molecule has 112 valence electrons. The molecule has 0 bridgehead atoms. The van der Waals surface area contributed by atoms with E-state index in [1.807, 2.05) is 30.3 Å². The van der Waals surface area contributed by atoms with E-state index in [9.17, 15) is 8.42 Å². The molecule has 2 aromatic carbocycles. The number of rotatable bonds is 5. The average Bonchev–Trinajstić information content (AvgIpc) is 2.48. The fourth-order valence-electron chi connectivity index (χ4n) is 2.10. The van der Waals surface area contributed by atoms with E-state index in [2.05, 4.69) is 0 Å². The van der Waals surface area contributed by atoms with Crippen LogP contribution in [0.5, 0.6) is 0 Å². The Labute approximate surface area is 134 Å². The summed E-state index contributed by atoms with van der Waals surface area (Å²) in [4.78, 5) is 0.0473. The summed E-state index contributed by atoms with van der Waals surface area (Å²) in [6, 6.07) is 13.7. The van der Waals surface area contributed by atoms with Crippen LogP contribution in [0.1, 0.15) is 11.5 Å². The quantitative estimate of drug-likeness (QED) is 0.903.